The summed E-state index contributed by atoms with van der Waals surface area (Å²) >= 11 is 0. The van der Waals surface area contributed by atoms with Gasteiger partial charge in [-0.2, -0.15) is 0 Å². The lowest BCUT2D eigenvalue weighted by molar-refractivity contribution is -0.152. The smallest absolute Gasteiger partial charge is 0.396 e. The van der Waals surface area contributed by atoms with Crippen LogP contribution < -0.4 is 5.32 Å². The van der Waals surface area contributed by atoms with Crippen LogP contribution in [-0.4, -0.2) is 38.7 Å². The predicted molar refractivity (Wildman–Crippen MR) is 50.7 cm³/mol. The maximum atomic E-state index is 10.8. The van der Waals surface area contributed by atoms with Crippen LogP contribution in [0.1, 0.15) is 6.42 Å². The molecule has 0 saturated carbocycles. The Kier molecular flexibility index (Phi) is 7.45. The predicted octanol–water partition coefficient (Wildman–Crippen LogP) is -0.132. The molecule has 0 aromatic rings. The Morgan fingerprint density at radius 2 is 2.14 bits per heavy atom. The summed E-state index contributed by atoms with van der Waals surface area (Å²) < 4.78 is 9.30. The number of methoxy groups -OCH3 is 1. The molecule has 0 aliphatic carbocycles. The van der Waals surface area contributed by atoms with E-state index in [0.29, 0.717) is 19.8 Å². The van der Waals surface area contributed by atoms with Crippen molar-refractivity contribution in [3.05, 3.63) is 12.7 Å². The number of hydrogen-bond acceptors (Lipinski definition) is 4. The van der Waals surface area contributed by atoms with Gasteiger partial charge in [-0.25, -0.2) is 4.79 Å². The molecule has 1 amide bonds. The molecule has 0 rings (SSSR count). The van der Waals surface area contributed by atoms with Gasteiger partial charge in [-0.3, -0.25) is 4.79 Å². The van der Waals surface area contributed by atoms with Crippen LogP contribution in [0.5, 0.6) is 0 Å². The molecule has 0 fully saturated rings. The average molecular weight is 201 g/mol. The monoisotopic (exact) mass is 201 g/mol. The van der Waals surface area contributed by atoms with Crippen molar-refractivity contribution in [3.8, 4) is 0 Å². The molecule has 14 heavy (non-hydrogen) atoms. The Hall–Kier alpha value is -1.36. The van der Waals surface area contributed by atoms with E-state index < -0.39 is 11.9 Å². The average Bonchev–Trinajstić information content (AvgIpc) is 2.21. The molecule has 0 radical (unpaired) electrons. The van der Waals surface area contributed by atoms with Gasteiger partial charge >= 0.3 is 11.9 Å². The van der Waals surface area contributed by atoms with Crippen LogP contribution in [0.2, 0.25) is 0 Å². The molecule has 0 spiro atoms. The Morgan fingerprint density at radius 1 is 1.43 bits per heavy atom. The van der Waals surface area contributed by atoms with Gasteiger partial charge in [0.1, 0.15) is 0 Å². The van der Waals surface area contributed by atoms with Crippen molar-refractivity contribution >= 4 is 11.9 Å². The second kappa shape index (κ2) is 8.25. The van der Waals surface area contributed by atoms with E-state index in [9.17, 15) is 9.59 Å². The minimum absolute atomic E-state index is 0.297. The molecular weight excluding hydrogens is 186 g/mol. The molecule has 0 aliphatic rings. The van der Waals surface area contributed by atoms with E-state index in [1.165, 1.54) is 0 Å². The number of carbonyl (C=O) groups is 2. The highest BCUT2D eigenvalue weighted by Crippen LogP contribution is 1.82. The van der Waals surface area contributed by atoms with Gasteiger partial charge in [0.05, 0.1) is 20.3 Å². The van der Waals surface area contributed by atoms with Gasteiger partial charge in [0.25, 0.3) is 0 Å². The summed E-state index contributed by atoms with van der Waals surface area (Å²) in [4.78, 5) is 21.4. The number of rotatable bonds is 6. The second-order valence-corrected chi connectivity index (χ2v) is 2.44. The Labute approximate surface area is 83.1 Å². The first-order valence-electron chi connectivity index (χ1n) is 4.27. The first-order valence-corrected chi connectivity index (χ1v) is 4.27. The van der Waals surface area contributed by atoms with Crippen molar-refractivity contribution in [1.29, 1.82) is 0 Å². The molecule has 80 valence electrons. The molecule has 1 N–H and O–H groups in total. The van der Waals surface area contributed by atoms with Crippen molar-refractivity contribution in [2.75, 3.05) is 26.9 Å². The SMILES string of the molecule is C=CCCOCCNC(=O)C(=O)OC. The van der Waals surface area contributed by atoms with Gasteiger partial charge in [-0.1, -0.05) is 6.08 Å². The fourth-order valence-electron chi connectivity index (χ4n) is 0.670. The van der Waals surface area contributed by atoms with Gasteiger partial charge in [-0.05, 0) is 6.42 Å². The standard InChI is InChI=1S/C9H15NO4/c1-3-4-6-14-7-5-10-8(11)9(12)13-2/h3H,1,4-7H2,2H3,(H,10,11). The van der Waals surface area contributed by atoms with Crippen LogP contribution in [0.15, 0.2) is 12.7 Å². The molecule has 0 aliphatic heterocycles. The molecule has 0 aromatic heterocycles. The highest BCUT2D eigenvalue weighted by Gasteiger charge is 2.11. The van der Waals surface area contributed by atoms with E-state index >= 15 is 0 Å². The first kappa shape index (κ1) is 12.6. The minimum atomic E-state index is -0.893. The number of amides is 1. The Bertz CT molecular complexity index is 203. The van der Waals surface area contributed by atoms with E-state index in [2.05, 4.69) is 16.6 Å². The van der Waals surface area contributed by atoms with Crippen LogP contribution in [-0.2, 0) is 19.1 Å². The third-order valence-electron chi connectivity index (χ3n) is 1.37. The molecule has 5 nitrogen and oxygen atoms in total. The van der Waals surface area contributed by atoms with E-state index in [1.807, 2.05) is 0 Å². The second-order valence-electron chi connectivity index (χ2n) is 2.44. The summed E-state index contributed by atoms with van der Waals surface area (Å²) in [5.41, 5.74) is 0. The third kappa shape index (κ3) is 6.19. The number of hydrogen-bond donors (Lipinski definition) is 1. The topological polar surface area (TPSA) is 64.6 Å². The number of nitrogens with one attached hydrogen (secondary N) is 1. The van der Waals surface area contributed by atoms with E-state index in [1.54, 1.807) is 6.08 Å². The number of esters is 1. The molecule has 5 heteroatoms. The summed E-state index contributed by atoms with van der Waals surface area (Å²) in [7, 11) is 1.16. The number of ether oxygens (including phenoxy) is 2. The van der Waals surface area contributed by atoms with Crippen LogP contribution in [0.4, 0.5) is 0 Å². The van der Waals surface area contributed by atoms with Crippen molar-refractivity contribution in [2.45, 2.75) is 6.42 Å². The highest BCUT2D eigenvalue weighted by molar-refractivity contribution is 6.32. The summed E-state index contributed by atoms with van der Waals surface area (Å²) in [6.45, 7) is 4.77. The normalized spacial score (nSPS) is 9.21. The van der Waals surface area contributed by atoms with Crippen LogP contribution >= 0.6 is 0 Å². The largest absolute Gasteiger partial charge is 0.462 e. The Morgan fingerprint density at radius 3 is 2.71 bits per heavy atom. The van der Waals surface area contributed by atoms with Crippen LogP contribution in [0.25, 0.3) is 0 Å². The molecular formula is C9H15NO4. The highest BCUT2D eigenvalue weighted by atomic mass is 16.5. The van der Waals surface area contributed by atoms with Crippen molar-refractivity contribution < 1.29 is 19.1 Å². The van der Waals surface area contributed by atoms with Gasteiger partial charge < -0.3 is 14.8 Å². The van der Waals surface area contributed by atoms with Crippen LogP contribution in [0.3, 0.4) is 0 Å². The van der Waals surface area contributed by atoms with Crippen LogP contribution in [0, 0.1) is 0 Å². The summed E-state index contributed by atoms with van der Waals surface area (Å²) in [6, 6.07) is 0. The lowest BCUT2D eigenvalue weighted by Crippen LogP contribution is -2.34. The zero-order valence-corrected chi connectivity index (χ0v) is 8.25. The molecule has 0 saturated heterocycles. The van der Waals surface area contributed by atoms with Gasteiger partial charge in [0.2, 0.25) is 0 Å². The zero-order valence-electron chi connectivity index (χ0n) is 8.25. The van der Waals surface area contributed by atoms with E-state index in [-0.39, 0.29) is 0 Å². The van der Waals surface area contributed by atoms with Gasteiger partial charge in [0.15, 0.2) is 0 Å². The summed E-state index contributed by atoms with van der Waals surface area (Å²) in [5, 5.41) is 2.35. The molecule has 0 unspecified atom stereocenters. The lowest BCUT2D eigenvalue weighted by Gasteiger charge is -2.03. The molecule has 0 aromatic carbocycles. The zero-order chi connectivity index (χ0) is 10.8. The fraction of sp³-hybridized carbons (Fsp3) is 0.556. The van der Waals surface area contributed by atoms with Crippen molar-refractivity contribution in [3.63, 3.8) is 0 Å². The maximum absolute atomic E-state index is 10.8. The molecule has 0 atom stereocenters. The van der Waals surface area contributed by atoms with Crippen molar-refractivity contribution in [2.24, 2.45) is 0 Å². The maximum Gasteiger partial charge on any atom is 0.396 e. The van der Waals surface area contributed by atoms with E-state index in [0.717, 1.165) is 13.5 Å². The first-order chi connectivity index (χ1) is 6.72. The third-order valence-corrected chi connectivity index (χ3v) is 1.37. The summed E-state index contributed by atoms with van der Waals surface area (Å²) in [5.74, 6) is -1.64. The van der Waals surface area contributed by atoms with E-state index in [4.69, 9.17) is 4.74 Å². The molecule has 0 bridgehead atoms. The fourth-order valence-corrected chi connectivity index (χ4v) is 0.670. The van der Waals surface area contributed by atoms with Gasteiger partial charge in [0, 0.05) is 6.54 Å². The quantitative estimate of drug-likeness (QED) is 0.281. The summed E-state index contributed by atoms with van der Waals surface area (Å²) in [6.07, 6.45) is 2.51. The minimum Gasteiger partial charge on any atom is -0.462 e. The Balaban J connectivity index is 3.31. The lowest BCUT2D eigenvalue weighted by atomic mass is 10.4. The van der Waals surface area contributed by atoms with Gasteiger partial charge in [-0.15, -0.1) is 6.58 Å². The molecule has 0 heterocycles. The van der Waals surface area contributed by atoms with Crippen molar-refractivity contribution in [1.82, 2.24) is 5.32 Å². The number of carbonyl (C=O) groups excluding carboxylic acids is 2.